The van der Waals surface area contributed by atoms with Crippen LogP contribution >= 0.6 is 0 Å². The Morgan fingerprint density at radius 2 is 1.27 bits per heavy atom. The largest absolute Gasteiger partial charge is 0.302 e. The van der Waals surface area contributed by atoms with Gasteiger partial charge in [-0.3, -0.25) is 9.80 Å². The Kier molecular flexibility index (Phi) is 6.00. The van der Waals surface area contributed by atoms with Crippen molar-refractivity contribution in [1.29, 1.82) is 0 Å². The van der Waals surface area contributed by atoms with Gasteiger partial charge in [0, 0.05) is 45.3 Å². The standard InChI is InChI=1S/C23H31N3/c1-3-9-21(10-4-1)17-25-15-16-26(18-22-11-5-2-6-12-22)23(20-25)19-24-13-7-8-14-24/h1-6,9-12,23H,7-8,13-20H2. The van der Waals surface area contributed by atoms with Gasteiger partial charge in [0.05, 0.1) is 0 Å². The highest BCUT2D eigenvalue weighted by molar-refractivity contribution is 5.16. The lowest BCUT2D eigenvalue weighted by atomic mass is 10.1. The van der Waals surface area contributed by atoms with Gasteiger partial charge < -0.3 is 4.90 Å². The van der Waals surface area contributed by atoms with Gasteiger partial charge in [0.15, 0.2) is 0 Å². The van der Waals surface area contributed by atoms with Crippen LogP contribution < -0.4 is 0 Å². The Bertz CT molecular complexity index is 652. The molecule has 2 aliphatic rings. The molecule has 3 heteroatoms. The average molecular weight is 350 g/mol. The topological polar surface area (TPSA) is 9.72 Å². The van der Waals surface area contributed by atoms with Gasteiger partial charge in [-0.1, -0.05) is 60.7 Å². The predicted octanol–water partition coefficient (Wildman–Crippen LogP) is 3.47. The number of likely N-dealkylation sites (tertiary alicyclic amines) is 1. The molecule has 0 bridgehead atoms. The third-order valence-corrected chi connectivity index (χ3v) is 5.83. The van der Waals surface area contributed by atoms with Gasteiger partial charge in [-0.15, -0.1) is 0 Å². The lowest BCUT2D eigenvalue weighted by molar-refractivity contribution is 0.0461. The smallest absolute Gasteiger partial charge is 0.0354 e. The molecule has 2 aliphatic heterocycles. The maximum Gasteiger partial charge on any atom is 0.0354 e. The Hall–Kier alpha value is -1.68. The summed E-state index contributed by atoms with van der Waals surface area (Å²) in [4.78, 5) is 8.04. The number of hydrogen-bond acceptors (Lipinski definition) is 3. The van der Waals surface area contributed by atoms with Crippen LogP contribution in [0.4, 0.5) is 0 Å². The van der Waals surface area contributed by atoms with E-state index >= 15 is 0 Å². The van der Waals surface area contributed by atoms with E-state index in [4.69, 9.17) is 0 Å². The molecule has 0 radical (unpaired) electrons. The molecule has 26 heavy (non-hydrogen) atoms. The minimum Gasteiger partial charge on any atom is -0.302 e. The number of nitrogens with zero attached hydrogens (tertiary/aromatic N) is 3. The molecule has 0 aromatic heterocycles. The van der Waals surface area contributed by atoms with Gasteiger partial charge in [0.1, 0.15) is 0 Å². The SMILES string of the molecule is c1ccc(CN2CCN(Cc3ccccc3)C(CN3CCCC3)C2)cc1. The first-order valence-corrected chi connectivity index (χ1v) is 10.1. The Balaban J connectivity index is 1.42. The normalized spacial score (nSPS) is 22.7. The van der Waals surface area contributed by atoms with Gasteiger partial charge in [-0.25, -0.2) is 0 Å². The molecule has 2 saturated heterocycles. The molecule has 0 aliphatic carbocycles. The third-order valence-electron chi connectivity index (χ3n) is 5.83. The Morgan fingerprint density at radius 3 is 1.92 bits per heavy atom. The molecule has 2 fully saturated rings. The maximum absolute atomic E-state index is 2.72. The van der Waals surface area contributed by atoms with Gasteiger partial charge in [0.25, 0.3) is 0 Å². The molecule has 0 amide bonds. The van der Waals surface area contributed by atoms with Crippen LogP contribution in [-0.2, 0) is 13.1 Å². The summed E-state index contributed by atoms with van der Waals surface area (Å²) in [6.07, 6.45) is 2.75. The minimum atomic E-state index is 0.630. The second kappa shape index (κ2) is 8.81. The van der Waals surface area contributed by atoms with Crippen LogP contribution in [-0.4, -0.2) is 60.0 Å². The van der Waals surface area contributed by atoms with Gasteiger partial charge in [-0.05, 0) is 37.1 Å². The summed E-state index contributed by atoms with van der Waals surface area (Å²) < 4.78 is 0. The summed E-state index contributed by atoms with van der Waals surface area (Å²) in [6.45, 7) is 9.46. The van der Waals surface area contributed by atoms with Gasteiger partial charge >= 0.3 is 0 Å². The van der Waals surface area contributed by atoms with E-state index in [1.807, 2.05) is 0 Å². The van der Waals surface area contributed by atoms with Crippen LogP contribution in [0.15, 0.2) is 60.7 Å². The molecule has 2 aromatic carbocycles. The van der Waals surface area contributed by atoms with E-state index in [2.05, 4.69) is 75.4 Å². The zero-order valence-electron chi connectivity index (χ0n) is 15.8. The van der Waals surface area contributed by atoms with Crippen molar-refractivity contribution < 1.29 is 0 Å². The Morgan fingerprint density at radius 1 is 0.654 bits per heavy atom. The van der Waals surface area contributed by atoms with Crippen LogP contribution in [0, 0.1) is 0 Å². The van der Waals surface area contributed by atoms with E-state index in [9.17, 15) is 0 Å². The van der Waals surface area contributed by atoms with Crippen molar-refractivity contribution in [2.24, 2.45) is 0 Å². The number of benzene rings is 2. The first-order valence-electron chi connectivity index (χ1n) is 10.1. The van der Waals surface area contributed by atoms with E-state index in [-0.39, 0.29) is 0 Å². The predicted molar refractivity (Wildman–Crippen MR) is 108 cm³/mol. The number of hydrogen-bond donors (Lipinski definition) is 0. The third kappa shape index (κ3) is 4.73. The second-order valence-electron chi connectivity index (χ2n) is 7.84. The van der Waals surface area contributed by atoms with Crippen molar-refractivity contribution in [2.45, 2.75) is 32.0 Å². The summed E-state index contributed by atoms with van der Waals surface area (Å²) in [5.74, 6) is 0. The molecule has 0 N–H and O–H groups in total. The van der Waals surface area contributed by atoms with E-state index < -0.39 is 0 Å². The van der Waals surface area contributed by atoms with E-state index in [1.165, 1.54) is 56.7 Å². The molecule has 0 spiro atoms. The fourth-order valence-electron chi connectivity index (χ4n) is 4.41. The van der Waals surface area contributed by atoms with Crippen LogP contribution in [0.25, 0.3) is 0 Å². The average Bonchev–Trinajstić information content (AvgIpc) is 3.19. The molecule has 4 rings (SSSR count). The lowest BCUT2D eigenvalue weighted by Crippen LogP contribution is -2.56. The fraction of sp³-hybridized carbons (Fsp3) is 0.478. The van der Waals surface area contributed by atoms with Crippen LogP contribution in [0.5, 0.6) is 0 Å². The van der Waals surface area contributed by atoms with E-state index in [0.29, 0.717) is 6.04 Å². The molecule has 2 heterocycles. The zero-order valence-corrected chi connectivity index (χ0v) is 15.8. The summed E-state index contributed by atoms with van der Waals surface area (Å²) in [5.41, 5.74) is 2.87. The Labute approximate surface area is 158 Å². The van der Waals surface area contributed by atoms with Crippen LogP contribution in [0.3, 0.4) is 0 Å². The van der Waals surface area contributed by atoms with E-state index in [1.54, 1.807) is 0 Å². The zero-order chi connectivity index (χ0) is 17.6. The fourth-order valence-corrected chi connectivity index (χ4v) is 4.41. The van der Waals surface area contributed by atoms with Gasteiger partial charge in [-0.2, -0.15) is 0 Å². The van der Waals surface area contributed by atoms with Crippen molar-refractivity contribution in [3.63, 3.8) is 0 Å². The maximum atomic E-state index is 2.72. The van der Waals surface area contributed by atoms with E-state index in [0.717, 1.165) is 19.6 Å². The highest BCUT2D eigenvalue weighted by atomic mass is 15.3. The number of rotatable bonds is 6. The van der Waals surface area contributed by atoms with Crippen LogP contribution in [0.1, 0.15) is 24.0 Å². The quantitative estimate of drug-likeness (QED) is 0.791. The molecular formula is C23H31N3. The molecule has 138 valence electrons. The molecule has 0 saturated carbocycles. The monoisotopic (exact) mass is 349 g/mol. The summed E-state index contributed by atoms with van der Waals surface area (Å²) in [5, 5.41) is 0. The summed E-state index contributed by atoms with van der Waals surface area (Å²) >= 11 is 0. The van der Waals surface area contributed by atoms with Crippen molar-refractivity contribution in [1.82, 2.24) is 14.7 Å². The highest BCUT2D eigenvalue weighted by Gasteiger charge is 2.29. The molecular weight excluding hydrogens is 318 g/mol. The van der Waals surface area contributed by atoms with Crippen molar-refractivity contribution in [3.8, 4) is 0 Å². The summed E-state index contributed by atoms with van der Waals surface area (Å²) in [6, 6.07) is 22.5. The molecule has 1 atom stereocenters. The first kappa shape index (κ1) is 17.7. The second-order valence-corrected chi connectivity index (χ2v) is 7.84. The van der Waals surface area contributed by atoms with Crippen molar-refractivity contribution in [2.75, 3.05) is 39.3 Å². The molecule has 3 nitrogen and oxygen atoms in total. The number of piperazine rings is 1. The lowest BCUT2D eigenvalue weighted by Gasteiger charge is -2.43. The van der Waals surface area contributed by atoms with Crippen molar-refractivity contribution in [3.05, 3.63) is 71.8 Å². The molecule has 2 aromatic rings. The van der Waals surface area contributed by atoms with Gasteiger partial charge in [0.2, 0.25) is 0 Å². The minimum absolute atomic E-state index is 0.630. The van der Waals surface area contributed by atoms with Crippen LogP contribution in [0.2, 0.25) is 0 Å². The molecule has 1 unspecified atom stereocenters. The van der Waals surface area contributed by atoms with Crippen molar-refractivity contribution >= 4 is 0 Å². The summed E-state index contributed by atoms with van der Waals surface area (Å²) in [7, 11) is 0. The first-order chi connectivity index (χ1) is 12.9. The highest BCUT2D eigenvalue weighted by Crippen LogP contribution is 2.19.